The van der Waals surface area contributed by atoms with Crippen molar-refractivity contribution < 1.29 is 0 Å². The summed E-state index contributed by atoms with van der Waals surface area (Å²) in [6.07, 6.45) is 3.98. The lowest BCUT2D eigenvalue weighted by Gasteiger charge is -1.97. The minimum atomic E-state index is 1.04. The second-order valence-electron chi connectivity index (χ2n) is 3.53. The van der Waals surface area contributed by atoms with Crippen molar-refractivity contribution >= 4 is 16.4 Å². The van der Waals surface area contributed by atoms with Gasteiger partial charge in [-0.15, -0.1) is 0 Å². The van der Waals surface area contributed by atoms with Crippen LogP contribution < -0.4 is 0 Å². The highest BCUT2D eigenvalue weighted by molar-refractivity contribution is 5.86. The van der Waals surface area contributed by atoms with Gasteiger partial charge in [-0.25, -0.2) is 0 Å². The zero-order valence-electron chi connectivity index (χ0n) is 7.94. The molecule has 1 aromatic carbocycles. The smallest absolute Gasteiger partial charge is 0.0646 e. The minimum absolute atomic E-state index is 1.04. The summed E-state index contributed by atoms with van der Waals surface area (Å²) in [4.78, 5) is 4.28. The van der Waals surface area contributed by atoms with Crippen molar-refractivity contribution in [1.82, 2.24) is 9.38 Å². The van der Waals surface area contributed by atoms with Crippen LogP contribution in [-0.4, -0.2) is 9.38 Å². The number of fused-ring (bicyclic) bond motifs is 3. The van der Waals surface area contributed by atoms with E-state index in [-0.39, 0.29) is 0 Å². The van der Waals surface area contributed by atoms with Gasteiger partial charge in [0.25, 0.3) is 0 Å². The monoisotopic (exact) mass is 182 g/mol. The van der Waals surface area contributed by atoms with Gasteiger partial charge in [-0.2, -0.15) is 0 Å². The number of hydrogen-bond acceptors (Lipinski definition) is 1. The Balaban J connectivity index is 2.58. The lowest BCUT2D eigenvalue weighted by Crippen LogP contribution is -1.87. The number of rotatable bonds is 0. The Labute approximate surface area is 81.8 Å². The average molecular weight is 182 g/mol. The highest BCUT2D eigenvalue weighted by Gasteiger charge is 2.00. The molecule has 2 heterocycles. The maximum atomic E-state index is 4.28. The average Bonchev–Trinajstić information content (AvgIpc) is 2.56. The second-order valence-corrected chi connectivity index (χ2v) is 3.53. The topological polar surface area (TPSA) is 17.3 Å². The molecule has 3 aromatic rings. The zero-order valence-corrected chi connectivity index (χ0v) is 7.94. The van der Waals surface area contributed by atoms with Crippen molar-refractivity contribution in [3.63, 3.8) is 0 Å². The van der Waals surface area contributed by atoms with E-state index in [0.717, 1.165) is 11.2 Å². The third-order valence-electron chi connectivity index (χ3n) is 2.49. The molecule has 0 amide bonds. The van der Waals surface area contributed by atoms with Crippen LogP contribution in [0.25, 0.3) is 16.4 Å². The number of nitrogens with zero attached hydrogens (tertiary/aromatic N) is 2. The Morgan fingerprint density at radius 3 is 3.00 bits per heavy atom. The SMILES string of the molecule is Cc1cn2c(cn1)cc1ccccc12. The van der Waals surface area contributed by atoms with Crippen LogP contribution in [0.3, 0.4) is 0 Å². The maximum Gasteiger partial charge on any atom is 0.0646 e. The van der Waals surface area contributed by atoms with E-state index in [4.69, 9.17) is 0 Å². The number of aryl methyl sites for hydroxylation is 1. The van der Waals surface area contributed by atoms with Crippen LogP contribution in [-0.2, 0) is 0 Å². The predicted molar refractivity (Wildman–Crippen MR) is 57.4 cm³/mol. The van der Waals surface area contributed by atoms with E-state index in [1.807, 2.05) is 13.1 Å². The van der Waals surface area contributed by atoms with E-state index < -0.39 is 0 Å². The summed E-state index contributed by atoms with van der Waals surface area (Å²) >= 11 is 0. The largest absolute Gasteiger partial charge is 0.313 e. The van der Waals surface area contributed by atoms with Crippen LogP contribution in [0.5, 0.6) is 0 Å². The number of benzene rings is 1. The molecular formula is C12H10N2. The van der Waals surface area contributed by atoms with Gasteiger partial charge < -0.3 is 4.40 Å². The number of para-hydroxylation sites is 1. The first-order chi connectivity index (χ1) is 6.84. The normalized spacial score (nSPS) is 11.2. The molecule has 2 nitrogen and oxygen atoms in total. The van der Waals surface area contributed by atoms with Gasteiger partial charge in [0, 0.05) is 11.6 Å². The molecule has 0 spiro atoms. The molecule has 0 atom stereocenters. The van der Waals surface area contributed by atoms with Gasteiger partial charge in [-0.3, -0.25) is 4.98 Å². The van der Waals surface area contributed by atoms with Gasteiger partial charge in [0.2, 0.25) is 0 Å². The number of aromatic nitrogens is 2. The molecule has 0 saturated heterocycles. The van der Waals surface area contributed by atoms with Gasteiger partial charge >= 0.3 is 0 Å². The summed E-state index contributed by atoms with van der Waals surface area (Å²) in [7, 11) is 0. The van der Waals surface area contributed by atoms with Gasteiger partial charge in [-0.1, -0.05) is 18.2 Å². The molecule has 0 aliphatic rings. The van der Waals surface area contributed by atoms with E-state index >= 15 is 0 Å². The Hall–Kier alpha value is -1.83. The first-order valence-corrected chi connectivity index (χ1v) is 4.67. The van der Waals surface area contributed by atoms with Crippen molar-refractivity contribution in [3.8, 4) is 0 Å². The lowest BCUT2D eigenvalue weighted by molar-refractivity contribution is 1.10. The van der Waals surface area contributed by atoms with Crippen LogP contribution in [0.2, 0.25) is 0 Å². The molecule has 0 radical (unpaired) electrons. The van der Waals surface area contributed by atoms with Crippen molar-refractivity contribution in [2.75, 3.05) is 0 Å². The molecule has 0 bridgehead atoms. The lowest BCUT2D eigenvalue weighted by atomic mass is 10.2. The summed E-state index contributed by atoms with van der Waals surface area (Å²) in [6.45, 7) is 2.01. The molecule has 68 valence electrons. The Morgan fingerprint density at radius 1 is 1.21 bits per heavy atom. The van der Waals surface area contributed by atoms with Crippen LogP contribution >= 0.6 is 0 Å². The summed E-state index contributed by atoms with van der Waals surface area (Å²) in [5.41, 5.74) is 3.43. The fraction of sp³-hybridized carbons (Fsp3) is 0.0833. The van der Waals surface area contributed by atoms with Crippen molar-refractivity contribution in [2.45, 2.75) is 6.92 Å². The van der Waals surface area contributed by atoms with Crippen LogP contribution in [0.15, 0.2) is 42.7 Å². The quantitative estimate of drug-likeness (QED) is 0.522. The van der Waals surface area contributed by atoms with Crippen molar-refractivity contribution in [2.24, 2.45) is 0 Å². The molecule has 3 rings (SSSR count). The highest BCUT2D eigenvalue weighted by Crippen LogP contribution is 2.19. The highest BCUT2D eigenvalue weighted by atomic mass is 14.9. The third kappa shape index (κ3) is 0.940. The predicted octanol–water partition coefficient (Wildman–Crippen LogP) is 2.80. The Kier molecular flexibility index (Phi) is 1.39. The second kappa shape index (κ2) is 2.58. The first kappa shape index (κ1) is 7.56. The van der Waals surface area contributed by atoms with Crippen molar-refractivity contribution in [1.29, 1.82) is 0 Å². The van der Waals surface area contributed by atoms with E-state index in [2.05, 4.69) is 45.9 Å². The number of hydrogen-bond donors (Lipinski definition) is 0. The molecule has 0 saturated carbocycles. The fourth-order valence-electron chi connectivity index (χ4n) is 1.83. The zero-order chi connectivity index (χ0) is 9.54. The molecule has 14 heavy (non-hydrogen) atoms. The summed E-state index contributed by atoms with van der Waals surface area (Å²) in [5.74, 6) is 0. The van der Waals surface area contributed by atoms with E-state index in [9.17, 15) is 0 Å². The summed E-state index contributed by atoms with van der Waals surface area (Å²) in [5, 5.41) is 1.26. The van der Waals surface area contributed by atoms with E-state index in [0.29, 0.717) is 0 Å². The minimum Gasteiger partial charge on any atom is -0.313 e. The van der Waals surface area contributed by atoms with Crippen LogP contribution in [0.1, 0.15) is 5.69 Å². The molecule has 0 aliphatic carbocycles. The van der Waals surface area contributed by atoms with Gasteiger partial charge in [0.1, 0.15) is 0 Å². The molecule has 2 aromatic heterocycles. The summed E-state index contributed by atoms with van der Waals surface area (Å²) < 4.78 is 2.18. The van der Waals surface area contributed by atoms with Gasteiger partial charge in [0.15, 0.2) is 0 Å². The third-order valence-corrected chi connectivity index (χ3v) is 2.49. The summed E-state index contributed by atoms with van der Waals surface area (Å²) in [6, 6.07) is 10.5. The Morgan fingerprint density at radius 2 is 2.07 bits per heavy atom. The molecule has 2 heteroatoms. The van der Waals surface area contributed by atoms with Gasteiger partial charge in [-0.05, 0) is 19.1 Å². The molecule has 0 unspecified atom stereocenters. The molecule has 0 aliphatic heterocycles. The Bertz CT molecular complexity index is 608. The molecule has 0 fully saturated rings. The molecule has 0 N–H and O–H groups in total. The van der Waals surface area contributed by atoms with E-state index in [1.54, 1.807) is 0 Å². The van der Waals surface area contributed by atoms with E-state index in [1.165, 1.54) is 10.9 Å². The maximum absolute atomic E-state index is 4.28. The first-order valence-electron chi connectivity index (χ1n) is 4.67. The van der Waals surface area contributed by atoms with Crippen LogP contribution in [0, 0.1) is 6.92 Å². The standard InChI is InChI=1S/C12H10N2/c1-9-8-14-11(7-13-9)6-10-4-2-3-5-12(10)14/h2-8H,1H3. The fourth-order valence-corrected chi connectivity index (χ4v) is 1.83. The molecular weight excluding hydrogens is 172 g/mol. The van der Waals surface area contributed by atoms with Gasteiger partial charge in [0.05, 0.1) is 22.9 Å². The van der Waals surface area contributed by atoms with Crippen molar-refractivity contribution in [3.05, 3.63) is 48.4 Å². The van der Waals surface area contributed by atoms with Crippen LogP contribution in [0.4, 0.5) is 0 Å².